The molecule has 166 valence electrons. The number of benzene rings is 4. The van der Waals surface area contributed by atoms with Gasteiger partial charge in [0.15, 0.2) is 0 Å². The molecule has 0 heterocycles. The lowest BCUT2D eigenvalue weighted by atomic mass is 9.94. The number of hydrogen-bond acceptors (Lipinski definition) is 3. The summed E-state index contributed by atoms with van der Waals surface area (Å²) in [4.78, 5) is 13.5. The first-order chi connectivity index (χ1) is 16.0. The van der Waals surface area contributed by atoms with Crippen LogP contribution >= 0.6 is 0 Å². The fraction of sp³-hybridized carbons (Fsp3) is 0.0741. The van der Waals surface area contributed by atoms with E-state index in [-0.39, 0.29) is 22.1 Å². The van der Waals surface area contributed by atoms with E-state index in [0.717, 1.165) is 16.7 Å². The Morgan fingerprint density at radius 2 is 1.30 bits per heavy atom. The van der Waals surface area contributed by atoms with Crippen LogP contribution in [0.5, 0.6) is 0 Å². The summed E-state index contributed by atoms with van der Waals surface area (Å²) >= 11 is 0. The number of hydrogen-bond donors (Lipinski definition) is 2. The molecule has 0 fully saturated rings. The maximum absolute atomic E-state index is 13.4. The second-order valence-electron chi connectivity index (χ2n) is 7.64. The molecule has 0 bridgehead atoms. The monoisotopic (exact) mass is 456 g/mol. The van der Waals surface area contributed by atoms with Crippen molar-refractivity contribution in [3.63, 3.8) is 0 Å². The Bertz CT molecular complexity index is 1350. The number of aryl methyl sites for hydroxylation is 1. The molecule has 33 heavy (non-hydrogen) atoms. The summed E-state index contributed by atoms with van der Waals surface area (Å²) in [5, 5.41) is 3.10. The number of carbonyl (C=O) groups is 1. The van der Waals surface area contributed by atoms with E-state index in [0.29, 0.717) is 0 Å². The van der Waals surface area contributed by atoms with E-state index in [1.165, 1.54) is 12.1 Å². The summed E-state index contributed by atoms with van der Waals surface area (Å²) in [7, 11) is -3.84. The van der Waals surface area contributed by atoms with Crippen LogP contribution in [0.1, 0.15) is 33.1 Å². The van der Waals surface area contributed by atoms with Crippen LogP contribution in [0.25, 0.3) is 0 Å². The predicted molar refractivity (Wildman–Crippen MR) is 131 cm³/mol. The van der Waals surface area contributed by atoms with E-state index in [2.05, 4.69) is 10.0 Å². The zero-order chi connectivity index (χ0) is 23.3. The molecule has 0 spiro atoms. The highest BCUT2D eigenvalue weighted by atomic mass is 32.2. The minimum atomic E-state index is -3.84. The Morgan fingerprint density at radius 1 is 0.727 bits per heavy atom. The fourth-order valence-electron chi connectivity index (χ4n) is 3.68. The molecule has 0 aromatic heterocycles. The third kappa shape index (κ3) is 5.13. The largest absolute Gasteiger partial charge is 0.341 e. The standard InChI is InChI=1S/C27H24N2O3S/c1-20-12-8-9-17-23(20)26(21-13-4-2-5-14-21)28-27(30)24-18-10-11-19-25(24)29-33(31,32)22-15-6-3-7-16-22/h2-19,26,29H,1H3,(H,28,30)/t26-/m1/s1. The smallest absolute Gasteiger partial charge is 0.261 e. The lowest BCUT2D eigenvalue weighted by Gasteiger charge is -2.22. The van der Waals surface area contributed by atoms with Crippen molar-refractivity contribution < 1.29 is 13.2 Å². The van der Waals surface area contributed by atoms with Gasteiger partial charge >= 0.3 is 0 Å². The van der Waals surface area contributed by atoms with Crippen molar-refractivity contribution in [2.24, 2.45) is 0 Å². The molecule has 1 atom stereocenters. The third-order valence-electron chi connectivity index (χ3n) is 5.38. The minimum Gasteiger partial charge on any atom is -0.341 e. The van der Waals surface area contributed by atoms with Crippen molar-refractivity contribution in [2.45, 2.75) is 17.9 Å². The van der Waals surface area contributed by atoms with Gasteiger partial charge in [-0.15, -0.1) is 0 Å². The molecule has 4 aromatic carbocycles. The van der Waals surface area contributed by atoms with Gasteiger partial charge in [0.05, 0.1) is 22.2 Å². The van der Waals surface area contributed by atoms with E-state index in [9.17, 15) is 13.2 Å². The summed E-state index contributed by atoms with van der Waals surface area (Å²) < 4.78 is 28.2. The zero-order valence-electron chi connectivity index (χ0n) is 18.1. The van der Waals surface area contributed by atoms with E-state index < -0.39 is 16.1 Å². The lowest BCUT2D eigenvalue weighted by Crippen LogP contribution is -2.30. The van der Waals surface area contributed by atoms with E-state index in [1.54, 1.807) is 42.5 Å². The van der Waals surface area contributed by atoms with Crippen LogP contribution in [-0.4, -0.2) is 14.3 Å². The van der Waals surface area contributed by atoms with E-state index >= 15 is 0 Å². The Labute approximate surface area is 194 Å². The number of nitrogens with one attached hydrogen (secondary N) is 2. The van der Waals surface area contributed by atoms with Crippen molar-refractivity contribution in [3.8, 4) is 0 Å². The second kappa shape index (κ2) is 9.71. The van der Waals surface area contributed by atoms with Crippen LogP contribution in [0.4, 0.5) is 5.69 Å². The predicted octanol–water partition coefficient (Wildman–Crippen LogP) is 5.32. The number of amides is 1. The van der Waals surface area contributed by atoms with Crippen molar-refractivity contribution in [1.29, 1.82) is 0 Å². The van der Waals surface area contributed by atoms with Gasteiger partial charge in [-0.25, -0.2) is 8.42 Å². The van der Waals surface area contributed by atoms with Crippen LogP contribution < -0.4 is 10.0 Å². The first-order valence-corrected chi connectivity index (χ1v) is 12.0. The molecule has 0 aliphatic rings. The van der Waals surface area contributed by atoms with Crippen molar-refractivity contribution in [1.82, 2.24) is 5.32 Å². The molecule has 1 amide bonds. The minimum absolute atomic E-state index is 0.127. The van der Waals surface area contributed by atoms with E-state index in [4.69, 9.17) is 0 Å². The van der Waals surface area contributed by atoms with Gasteiger partial charge in [0.1, 0.15) is 0 Å². The van der Waals surface area contributed by atoms with Crippen molar-refractivity contribution in [3.05, 3.63) is 131 Å². The highest BCUT2D eigenvalue weighted by molar-refractivity contribution is 7.92. The highest BCUT2D eigenvalue weighted by Gasteiger charge is 2.22. The molecular weight excluding hydrogens is 432 g/mol. The second-order valence-corrected chi connectivity index (χ2v) is 9.32. The molecule has 6 heteroatoms. The van der Waals surface area contributed by atoms with E-state index in [1.807, 2.05) is 61.5 Å². The third-order valence-corrected chi connectivity index (χ3v) is 6.76. The molecular formula is C27H24N2O3S. The van der Waals surface area contributed by atoms with Gasteiger partial charge < -0.3 is 5.32 Å². The quantitative estimate of drug-likeness (QED) is 0.395. The average Bonchev–Trinajstić information content (AvgIpc) is 2.84. The van der Waals surface area contributed by atoms with Gasteiger partial charge in [0.2, 0.25) is 0 Å². The van der Waals surface area contributed by atoms with Gasteiger partial charge in [-0.1, -0.05) is 84.9 Å². The Morgan fingerprint density at radius 3 is 2.00 bits per heavy atom. The molecule has 5 nitrogen and oxygen atoms in total. The average molecular weight is 457 g/mol. The first-order valence-electron chi connectivity index (χ1n) is 10.5. The molecule has 0 saturated carbocycles. The zero-order valence-corrected chi connectivity index (χ0v) is 18.9. The van der Waals surface area contributed by atoms with Crippen molar-refractivity contribution in [2.75, 3.05) is 4.72 Å². The van der Waals surface area contributed by atoms with Gasteiger partial charge in [-0.05, 0) is 47.9 Å². The maximum Gasteiger partial charge on any atom is 0.261 e. The summed E-state index contributed by atoms with van der Waals surface area (Å²) in [6.45, 7) is 2.00. The number of rotatable bonds is 7. The van der Waals surface area contributed by atoms with Crippen molar-refractivity contribution >= 4 is 21.6 Å². The molecule has 4 rings (SSSR count). The summed E-state index contributed by atoms with van der Waals surface area (Å²) in [6.07, 6.45) is 0. The van der Waals surface area contributed by atoms with Gasteiger partial charge in [-0.3, -0.25) is 9.52 Å². The summed E-state index contributed by atoms with van der Waals surface area (Å²) in [5.74, 6) is -0.376. The number of anilines is 1. The SMILES string of the molecule is Cc1ccccc1[C@H](NC(=O)c1ccccc1NS(=O)(=O)c1ccccc1)c1ccccc1. The van der Waals surface area contributed by atoms with Gasteiger partial charge in [0, 0.05) is 0 Å². The molecule has 0 radical (unpaired) electrons. The van der Waals surface area contributed by atoms with Gasteiger partial charge in [0.25, 0.3) is 15.9 Å². The topological polar surface area (TPSA) is 75.3 Å². The van der Waals surface area contributed by atoms with Gasteiger partial charge in [-0.2, -0.15) is 0 Å². The number of para-hydroxylation sites is 1. The van der Waals surface area contributed by atoms with Crippen LogP contribution in [0.15, 0.2) is 114 Å². The molecule has 4 aromatic rings. The molecule has 0 aliphatic heterocycles. The Hall–Kier alpha value is -3.90. The normalized spacial score (nSPS) is 12.0. The van der Waals surface area contributed by atoms with Crippen LogP contribution in [0.3, 0.4) is 0 Å². The molecule has 0 unspecified atom stereocenters. The highest BCUT2D eigenvalue weighted by Crippen LogP contribution is 2.27. The number of carbonyl (C=O) groups excluding carboxylic acids is 1. The number of sulfonamides is 1. The lowest BCUT2D eigenvalue weighted by molar-refractivity contribution is 0.0944. The Kier molecular flexibility index (Phi) is 6.56. The summed E-state index contributed by atoms with van der Waals surface area (Å²) in [6, 6.07) is 31.8. The summed E-state index contributed by atoms with van der Waals surface area (Å²) in [5.41, 5.74) is 3.41. The Balaban J connectivity index is 1.67. The van der Waals surface area contributed by atoms with Crippen LogP contribution in [0.2, 0.25) is 0 Å². The molecule has 0 saturated heterocycles. The van der Waals surface area contributed by atoms with Crippen LogP contribution in [0, 0.1) is 6.92 Å². The first kappa shape index (κ1) is 22.3. The maximum atomic E-state index is 13.4. The fourth-order valence-corrected chi connectivity index (χ4v) is 4.78. The molecule has 0 aliphatic carbocycles. The van der Waals surface area contributed by atoms with Crippen LogP contribution in [-0.2, 0) is 10.0 Å². The molecule has 2 N–H and O–H groups in total.